The van der Waals surface area contributed by atoms with Crippen LogP contribution in [0.3, 0.4) is 0 Å². The molecule has 92 valence electrons. The number of carbonyl (C=O) groups is 1. The number of nitrogens with zero attached hydrogens (tertiary/aromatic N) is 1. The minimum atomic E-state index is -0.0404. The first kappa shape index (κ1) is 12.3. The number of hydrogen-bond acceptors (Lipinski definition) is 4. The van der Waals surface area contributed by atoms with Crippen molar-refractivity contribution in [2.24, 2.45) is 11.7 Å². The quantitative estimate of drug-likeness (QED) is 0.790. The monoisotopic (exact) mass is 253 g/mol. The van der Waals surface area contributed by atoms with Crippen molar-refractivity contribution >= 4 is 23.2 Å². The Morgan fingerprint density at radius 1 is 1.47 bits per heavy atom. The highest BCUT2D eigenvalue weighted by Crippen LogP contribution is 2.28. The summed E-state index contributed by atoms with van der Waals surface area (Å²) in [6.45, 7) is 0. The molecule has 1 aromatic rings. The maximum Gasteiger partial charge on any atom is 0.169 e. The molecule has 1 fully saturated rings. The zero-order valence-corrected chi connectivity index (χ0v) is 10.3. The van der Waals surface area contributed by atoms with Gasteiger partial charge < -0.3 is 11.5 Å². The van der Waals surface area contributed by atoms with E-state index in [1.165, 1.54) is 6.20 Å². The van der Waals surface area contributed by atoms with Gasteiger partial charge in [0.15, 0.2) is 5.78 Å². The second-order valence-corrected chi connectivity index (χ2v) is 5.01. The maximum absolute atomic E-state index is 12.3. The molecule has 4 nitrogen and oxygen atoms in total. The third-order valence-electron chi connectivity index (χ3n) is 3.24. The number of Topliss-reactive ketones (excluding diaryl/α,β-unsaturated/α-hetero) is 1. The van der Waals surface area contributed by atoms with E-state index in [4.69, 9.17) is 23.1 Å². The molecule has 0 radical (unpaired) electrons. The van der Waals surface area contributed by atoms with Gasteiger partial charge >= 0.3 is 0 Å². The smallest absolute Gasteiger partial charge is 0.169 e. The highest BCUT2D eigenvalue weighted by Gasteiger charge is 2.27. The first-order valence-corrected chi connectivity index (χ1v) is 6.16. The Balaban J connectivity index is 2.21. The van der Waals surface area contributed by atoms with Gasteiger partial charge in [0.2, 0.25) is 0 Å². The molecule has 0 aliphatic heterocycles. The minimum absolute atomic E-state index is 0.0210. The van der Waals surface area contributed by atoms with E-state index in [-0.39, 0.29) is 23.6 Å². The Bertz CT molecular complexity index is 436. The molecule has 1 heterocycles. The zero-order chi connectivity index (χ0) is 12.4. The summed E-state index contributed by atoms with van der Waals surface area (Å²) in [6, 6.07) is 1.71. The van der Waals surface area contributed by atoms with Gasteiger partial charge in [0.05, 0.1) is 10.6 Å². The average Bonchev–Trinajstić information content (AvgIpc) is 2.31. The molecule has 1 aliphatic carbocycles. The summed E-state index contributed by atoms with van der Waals surface area (Å²) in [5, 5.41) is 0.433. The van der Waals surface area contributed by atoms with Crippen molar-refractivity contribution in [1.29, 1.82) is 0 Å². The molecule has 5 heteroatoms. The maximum atomic E-state index is 12.3. The van der Waals surface area contributed by atoms with E-state index in [9.17, 15) is 4.79 Å². The van der Waals surface area contributed by atoms with Crippen LogP contribution in [0.1, 0.15) is 36.0 Å². The van der Waals surface area contributed by atoms with Crippen molar-refractivity contribution in [2.45, 2.75) is 31.7 Å². The molecule has 0 spiro atoms. The molecule has 1 aromatic heterocycles. The molecule has 2 rings (SSSR count). The molecule has 1 saturated carbocycles. The van der Waals surface area contributed by atoms with Crippen LogP contribution in [0.15, 0.2) is 12.3 Å². The number of aromatic nitrogens is 1. The number of ketones is 1. The fourth-order valence-corrected chi connectivity index (χ4v) is 2.49. The lowest BCUT2D eigenvalue weighted by molar-refractivity contribution is 0.0882. The van der Waals surface area contributed by atoms with Gasteiger partial charge in [-0.15, -0.1) is 0 Å². The van der Waals surface area contributed by atoms with E-state index in [2.05, 4.69) is 4.98 Å². The highest BCUT2D eigenvalue weighted by molar-refractivity contribution is 6.31. The normalized spacial score (nSPS) is 24.6. The number of pyridine rings is 1. The summed E-state index contributed by atoms with van der Waals surface area (Å²) < 4.78 is 0. The molecule has 2 atom stereocenters. The van der Waals surface area contributed by atoms with Crippen LogP contribution in [0.25, 0.3) is 0 Å². The molecule has 0 bridgehead atoms. The standard InChI is InChI=1S/C12H16ClN3O/c13-8-5-10(12(15)16-6-8)11(17)7-2-1-3-9(14)4-7/h5-7,9H,1-4,14H2,(H2,15,16). The van der Waals surface area contributed by atoms with Crippen LogP contribution in [0.4, 0.5) is 5.82 Å². The lowest BCUT2D eigenvalue weighted by Crippen LogP contribution is -2.32. The second-order valence-electron chi connectivity index (χ2n) is 4.57. The van der Waals surface area contributed by atoms with Crippen LogP contribution in [-0.4, -0.2) is 16.8 Å². The van der Waals surface area contributed by atoms with E-state index in [0.717, 1.165) is 25.7 Å². The molecule has 2 unspecified atom stereocenters. The Morgan fingerprint density at radius 3 is 2.94 bits per heavy atom. The van der Waals surface area contributed by atoms with Gasteiger partial charge in [0.25, 0.3) is 0 Å². The number of nitrogens with two attached hydrogens (primary N) is 2. The van der Waals surface area contributed by atoms with Crippen molar-refractivity contribution in [1.82, 2.24) is 4.98 Å². The lowest BCUT2D eigenvalue weighted by Gasteiger charge is -2.25. The third kappa shape index (κ3) is 2.76. The largest absolute Gasteiger partial charge is 0.383 e. The molecule has 4 N–H and O–H groups in total. The van der Waals surface area contributed by atoms with Crippen LogP contribution in [0.5, 0.6) is 0 Å². The molecular weight excluding hydrogens is 238 g/mol. The van der Waals surface area contributed by atoms with Crippen LogP contribution in [-0.2, 0) is 0 Å². The second kappa shape index (κ2) is 5.02. The van der Waals surface area contributed by atoms with Crippen molar-refractivity contribution in [3.05, 3.63) is 22.8 Å². The first-order chi connectivity index (χ1) is 8.08. The van der Waals surface area contributed by atoms with Crippen molar-refractivity contribution in [3.8, 4) is 0 Å². The molecule has 0 aromatic carbocycles. The van der Waals surface area contributed by atoms with Crippen molar-refractivity contribution in [3.63, 3.8) is 0 Å². The number of rotatable bonds is 2. The summed E-state index contributed by atoms with van der Waals surface area (Å²) in [7, 11) is 0. The van der Waals surface area contributed by atoms with E-state index in [1.807, 2.05) is 0 Å². The molecule has 1 aliphatic rings. The lowest BCUT2D eigenvalue weighted by atomic mass is 9.81. The third-order valence-corrected chi connectivity index (χ3v) is 3.44. The van der Waals surface area contributed by atoms with E-state index in [0.29, 0.717) is 10.6 Å². The van der Waals surface area contributed by atoms with E-state index < -0.39 is 0 Å². The topological polar surface area (TPSA) is 82.0 Å². The predicted molar refractivity (Wildman–Crippen MR) is 67.9 cm³/mol. The number of halogens is 1. The zero-order valence-electron chi connectivity index (χ0n) is 9.53. The van der Waals surface area contributed by atoms with Crippen molar-refractivity contribution < 1.29 is 4.79 Å². The fraction of sp³-hybridized carbons (Fsp3) is 0.500. The number of carbonyl (C=O) groups excluding carboxylic acids is 1. The number of hydrogen-bond donors (Lipinski definition) is 2. The number of anilines is 1. The average molecular weight is 254 g/mol. The Kier molecular flexibility index (Phi) is 3.64. The number of nitrogen functional groups attached to an aromatic ring is 1. The molecule has 0 saturated heterocycles. The fourth-order valence-electron chi connectivity index (χ4n) is 2.33. The Labute approximate surface area is 105 Å². The van der Waals surface area contributed by atoms with Crippen molar-refractivity contribution in [2.75, 3.05) is 5.73 Å². The SMILES string of the molecule is Nc1ncc(Cl)cc1C(=O)C1CCCC(N)C1. The summed E-state index contributed by atoms with van der Waals surface area (Å²) in [4.78, 5) is 16.2. The highest BCUT2D eigenvalue weighted by atomic mass is 35.5. The van der Waals surface area contributed by atoms with Gasteiger partial charge in [0.1, 0.15) is 5.82 Å². The van der Waals surface area contributed by atoms with Crippen LogP contribution in [0.2, 0.25) is 5.02 Å². The summed E-state index contributed by atoms with van der Waals surface area (Å²) in [6.07, 6.45) is 5.03. The van der Waals surface area contributed by atoms with Gasteiger partial charge in [-0.05, 0) is 25.3 Å². The molecule has 0 amide bonds. The summed E-state index contributed by atoms with van der Waals surface area (Å²) in [5.41, 5.74) is 12.0. The molecular formula is C12H16ClN3O. The summed E-state index contributed by atoms with van der Waals surface area (Å²) >= 11 is 5.83. The molecule has 17 heavy (non-hydrogen) atoms. The van der Waals surface area contributed by atoms with Gasteiger partial charge in [-0.2, -0.15) is 0 Å². The Hall–Kier alpha value is -1.13. The van der Waals surface area contributed by atoms with Gasteiger partial charge in [0, 0.05) is 18.2 Å². The van der Waals surface area contributed by atoms with Gasteiger partial charge in [-0.25, -0.2) is 4.98 Å². The minimum Gasteiger partial charge on any atom is -0.383 e. The van der Waals surface area contributed by atoms with Crippen LogP contribution < -0.4 is 11.5 Å². The summed E-state index contributed by atoms with van der Waals surface area (Å²) in [5.74, 6) is 0.229. The van der Waals surface area contributed by atoms with E-state index >= 15 is 0 Å². The van der Waals surface area contributed by atoms with Gasteiger partial charge in [-0.1, -0.05) is 18.0 Å². The first-order valence-electron chi connectivity index (χ1n) is 5.78. The van der Waals surface area contributed by atoms with Crippen LogP contribution >= 0.6 is 11.6 Å². The predicted octanol–water partition coefficient (Wildman–Crippen LogP) is 2.02. The van der Waals surface area contributed by atoms with Gasteiger partial charge in [-0.3, -0.25) is 4.79 Å². The Morgan fingerprint density at radius 2 is 2.24 bits per heavy atom. The van der Waals surface area contributed by atoms with E-state index in [1.54, 1.807) is 6.07 Å². The van der Waals surface area contributed by atoms with Crippen LogP contribution in [0, 0.1) is 5.92 Å².